The first kappa shape index (κ1) is 8.76. The Balaban J connectivity index is 0.000000640. The van der Waals surface area contributed by atoms with Crippen molar-refractivity contribution in [3.63, 3.8) is 0 Å². The summed E-state index contributed by atoms with van der Waals surface area (Å²) >= 11 is 0. The highest BCUT2D eigenvalue weighted by Gasteiger charge is 2.18. The molecular weight excluding hydrogens is 138 g/mol. The number of hydrogen-bond acceptors (Lipinski definition) is 2. The van der Waals surface area contributed by atoms with E-state index in [0.717, 1.165) is 6.61 Å². The van der Waals surface area contributed by atoms with E-state index in [0.29, 0.717) is 6.04 Å². The summed E-state index contributed by atoms with van der Waals surface area (Å²) in [6.07, 6.45) is 4.07. The molecule has 1 rings (SSSR count). The molecule has 1 fully saturated rings. The molecule has 1 aliphatic rings. The van der Waals surface area contributed by atoms with Crippen molar-refractivity contribution in [2.45, 2.75) is 25.8 Å². The van der Waals surface area contributed by atoms with E-state index in [1.54, 1.807) is 6.40 Å². The molecule has 0 N–H and O–H groups in total. The van der Waals surface area contributed by atoms with Gasteiger partial charge < -0.3 is 4.74 Å². The number of rotatable bonds is 3. The topological polar surface area (TPSA) is 21.6 Å². The van der Waals surface area contributed by atoms with E-state index in [-0.39, 0.29) is 12.4 Å². The number of ether oxygens (including phenoxy) is 1. The second-order valence-electron chi connectivity index (χ2n) is 1.94. The first-order chi connectivity index (χ1) is 3.93. The number of aliphatic imine (C=N–C) groups is 1. The molecule has 0 saturated heterocycles. The monoisotopic (exact) mass is 149 g/mol. The summed E-state index contributed by atoms with van der Waals surface area (Å²) in [7, 11) is 0. The van der Waals surface area contributed by atoms with Crippen LogP contribution in [0.15, 0.2) is 4.99 Å². The molecule has 0 aromatic carbocycles. The van der Waals surface area contributed by atoms with Gasteiger partial charge in [0.05, 0.1) is 12.6 Å². The molecular formula is C6H12ClNO. The lowest BCUT2D eigenvalue weighted by Gasteiger charge is -1.88. The van der Waals surface area contributed by atoms with E-state index in [1.165, 1.54) is 12.8 Å². The van der Waals surface area contributed by atoms with Gasteiger partial charge in [-0.05, 0) is 19.8 Å². The minimum Gasteiger partial charge on any atom is -0.484 e. The van der Waals surface area contributed by atoms with Crippen LogP contribution in [-0.4, -0.2) is 19.0 Å². The van der Waals surface area contributed by atoms with Gasteiger partial charge in [0, 0.05) is 0 Å². The highest BCUT2D eigenvalue weighted by atomic mass is 35.5. The van der Waals surface area contributed by atoms with Crippen molar-refractivity contribution in [1.29, 1.82) is 0 Å². The molecule has 0 radical (unpaired) electrons. The van der Waals surface area contributed by atoms with Crippen molar-refractivity contribution in [2.75, 3.05) is 6.61 Å². The summed E-state index contributed by atoms with van der Waals surface area (Å²) in [5.74, 6) is 0. The van der Waals surface area contributed by atoms with Crippen LogP contribution in [0.3, 0.4) is 0 Å². The van der Waals surface area contributed by atoms with E-state index < -0.39 is 0 Å². The van der Waals surface area contributed by atoms with E-state index >= 15 is 0 Å². The van der Waals surface area contributed by atoms with Crippen LogP contribution in [0.4, 0.5) is 0 Å². The van der Waals surface area contributed by atoms with Crippen molar-refractivity contribution in [3.8, 4) is 0 Å². The third-order valence-electron chi connectivity index (χ3n) is 1.06. The largest absolute Gasteiger partial charge is 0.484 e. The molecule has 0 atom stereocenters. The lowest BCUT2D eigenvalue weighted by Crippen LogP contribution is -1.85. The van der Waals surface area contributed by atoms with Crippen LogP contribution in [-0.2, 0) is 4.74 Å². The summed E-state index contributed by atoms with van der Waals surface area (Å²) < 4.78 is 4.89. The zero-order valence-electron chi connectivity index (χ0n) is 5.54. The van der Waals surface area contributed by atoms with Crippen LogP contribution < -0.4 is 0 Å². The minimum absolute atomic E-state index is 0. The maximum absolute atomic E-state index is 4.89. The zero-order chi connectivity index (χ0) is 5.82. The third kappa shape index (κ3) is 4.28. The van der Waals surface area contributed by atoms with E-state index in [9.17, 15) is 0 Å². The van der Waals surface area contributed by atoms with Gasteiger partial charge in [-0.3, -0.25) is 4.99 Å². The van der Waals surface area contributed by atoms with Gasteiger partial charge in [-0.25, -0.2) is 0 Å². The molecule has 1 aliphatic carbocycles. The Morgan fingerprint density at radius 3 is 2.78 bits per heavy atom. The zero-order valence-corrected chi connectivity index (χ0v) is 6.36. The van der Waals surface area contributed by atoms with Crippen LogP contribution >= 0.6 is 12.4 Å². The summed E-state index contributed by atoms with van der Waals surface area (Å²) in [6, 6.07) is 0.599. The Kier molecular flexibility index (Phi) is 4.50. The molecule has 54 valence electrons. The van der Waals surface area contributed by atoms with Crippen molar-refractivity contribution >= 4 is 18.8 Å². The number of halogens is 1. The molecule has 0 unspecified atom stereocenters. The smallest absolute Gasteiger partial charge is 0.169 e. The maximum atomic E-state index is 4.89. The third-order valence-corrected chi connectivity index (χ3v) is 1.06. The predicted molar refractivity (Wildman–Crippen MR) is 40.4 cm³/mol. The Hall–Kier alpha value is -0.240. The van der Waals surface area contributed by atoms with Gasteiger partial charge in [-0.2, -0.15) is 0 Å². The van der Waals surface area contributed by atoms with Gasteiger partial charge in [-0.15, -0.1) is 12.4 Å². The molecule has 0 aromatic rings. The Morgan fingerprint density at radius 1 is 1.67 bits per heavy atom. The Morgan fingerprint density at radius 2 is 2.33 bits per heavy atom. The number of nitrogens with zero attached hydrogens (tertiary/aromatic N) is 1. The fourth-order valence-corrected chi connectivity index (χ4v) is 0.427. The molecule has 9 heavy (non-hydrogen) atoms. The van der Waals surface area contributed by atoms with Crippen LogP contribution in [0, 0.1) is 0 Å². The van der Waals surface area contributed by atoms with Crippen molar-refractivity contribution in [2.24, 2.45) is 4.99 Å². The summed E-state index contributed by atoms with van der Waals surface area (Å²) in [4.78, 5) is 4.08. The van der Waals surface area contributed by atoms with Crippen LogP contribution in [0.25, 0.3) is 0 Å². The minimum atomic E-state index is 0. The van der Waals surface area contributed by atoms with E-state index in [4.69, 9.17) is 4.74 Å². The molecule has 3 heteroatoms. The molecule has 2 nitrogen and oxygen atoms in total. The van der Waals surface area contributed by atoms with Crippen LogP contribution in [0.2, 0.25) is 0 Å². The van der Waals surface area contributed by atoms with Gasteiger partial charge in [0.1, 0.15) is 0 Å². The van der Waals surface area contributed by atoms with Crippen molar-refractivity contribution < 1.29 is 4.74 Å². The molecule has 0 bridgehead atoms. The molecule has 0 spiro atoms. The fourth-order valence-electron chi connectivity index (χ4n) is 0.427. The van der Waals surface area contributed by atoms with Gasteiger partial charge in [0.15, 0.2) is 6.40 Å². The van der Waals surface area contributed by atoms with Crippen LogP contribution in [0.1, 0.15) is 19.8 Å². The molecule has 1 saturated carbocycles. The highest BCUT2D eigenvalue weighted by molar-refractivity contribution is 5.85. The van der Waals surface area contributed by atoms with Crippen LogP contribution in [0.5, 0.6) is 0 Å². The van der Waals surface area contributed by atoms with Crippen molar-refractivity contribution in [1.82, 2.24) is 0 Å². The average Bonchev–Trinajstić information content (AvgIpc) is 2.51. The van der Waals surface area contributed by atoms with Crippen molar-refractivity contribution in [3.05, 3.63) is 0 Å². The van der Waals surface area contributed by atoms with Gasteiger partial charge in [-0.1, -0.05) is 0 Å². The standard InChI is InChI=1S/C6H11NO.ClH/c1-2-8-5-7-6-3-4-6;/h5-6H,2-4H2,1H3;1H. The second-order valence-corrected chi connectivity index (χ2v) is 1.94. The molecule has 0 heterocycles. The first-order valence-electron chi connectivity index (χ1n) is 3.06. The average molecular weight is 150 g/mol. The van der Waals surface area contributed by atoms with Gasteiger partial charge in [0.25, 0.3) is 0 Å². The highest BCUT2D eigenvalue weighted by Crippen LogP contribution is 2.22. The quantitative estimate of drug-likeness (QED) is 0.442. The molecule has 0 aliphatic heterocycles. The lowest BCUT2D eigenvalue weighted by molar-refractivity contribution is 0.342. The van der Waals surface area contributed by atoms with Gasteiger partial charge in [0.2, 0.25) is 0 Å². The molecule has 0 amide bonds. The maximum Gasteiger partial charge on any atom is 0.169 e. The lowest BCUT2D eigenvalue weighted by atomic mass is 10.8. The van der Waals surface area contributed by atoms with E-state index in [1.807, 2.05) is 6.92 Å². The predicted octanol–water partition coefficient (Wildman–Crippen LogP) is 1.64. The number of hydrogen-bond donors (Lipinski definition) is 0. The van der Waals surface area contributed by atoms with Gasteiger partial charge >= 0.3 is 0 Å². The Labute approximate surface area is 61.7 Å². The normalized spacial score (nSPS) is 17.4. The SMILES string of the molecule is CCOC=NC1CC1.Cl. The second kappa shape index (κ2) is 4.62. The fraction of sp³-hybridized carbons (Fsp3) is 0.833. The summed E-state index contributed by atoms with van der Waals surface area (Å²) in [5.41, 5.74) is 0. The van der Waals surface area contributed by atoms with E-state index in [2.05, 4.69) is 4.99 Å². The Bertz CT molecular complexity index is 91.1. The molecule has 0 aromatic heterocycles. The first-order valence-corrected chi connectivity index (χ1v) is 3.06. The summed E-state index contributed by atoms with van der Waals surface area (Å²) in [5, 5.41) is 0. The summed E-state index contributed by atoms with van der Waals surface area (Å²) in [6.45, 7) is 2.69.